The molecule has 1 N–H and O–H groups in total. The van der Waals surface area contributed by atoms with Gasteiger partial charge in [0.25, 0.3) is 0 Å². The van der Waals surface area contributed by atoms with E-state index in [1.807, 2.05) is 32.0 Å². The Bertz CT molecular complexity index is 624. The van der Waals surface area contributed by atoms with E-state index in [0.717, 1.165) is 23.5 Å². The molecular formula is C15H19N3O3. The van der Waals surface area contributed by atoms with Gasteiger partial charge < -0.3 is 19.3 Å². The maximum Gasteiger partial charge on any atom is 0.321 e. The minimum Gasteiger partial charge on any atom is -0.497 e. The predicted octanol–water partition coefficient (Wildman–Crippen LogP) is 3.14. The fourth-order valence-electron chi connectivity index (χ4n) is 2.32. The molecule has 0 spiro atoms. The maximum atomic E-state index is 5.69. The summed E-state index contributed by atoms with van der Waals surface area (Å²) in [5, 5.41) is 7.25. The number of nitrogens with zero attached hydrogens (tertiary/aromatic N) is 2. The molecule has 1 aliphatic rings. The van der Waals surface area contributed by atoms with Gasteiger partial charge in [-0.05, 0) is 12.1 Å². The molecule has 0 saturated heterocycles. The van der Waals surface area contributed by atoms with Crippen LogP contribution < -0.4 is 14.8 Å². The molecule has 0 aliphatic carbocycles. The molecule has 1 atom stereocenters. The molecule has 3 rings (SSSR count). The Balaban J connectivity index is 1.81. The van der Waals surface area contributed by atoms with Gasteiger partial charge in [-0.2, -0.15) is 4.98 Å². The molecule has 6 heteroatoms. The predicted molar refractivity (Wildman–Crippen MR) is 77.9 cm³/mol. The van der Waals surface area contributed by atoms with Crippen LogP contribution in [-0.4, -0.2) is 23.9 Å². The van der Waals surface area contributed by atoms with E-state index in [-0.39, 0.29) is 12.0 Å². The van der Waals surface area contributed by atoms with Crippen LogP contribution in [-0.2, 0) is 0 Å². The molecule has 1 unspecified atom stereocenters. The maximum absolute atomic E-state index is 5.69. The summed E-state index contributed by atoms with van der Waals surface area (Å²) in [6.45, 7) is 4.71. The average molecular weight is 289 g/mol. The van der Waals surface area contributed by atoms with Crippen LogP contribution in [0.5, 0.6) is 11.5 Å². The Morgan fingerprint density at radius 1 is 1.38 bits per heavy atom. The van der Waals surface area contributed by atoms with Crippen LogP contribution in [0.3, 0.4) is 0 Å². The summed E-state index contributed by atoms with van der Waals surface area (Å²) in [7, 11) is 1.65. The van der Waals surface area contributed by atoms with E-state index in [0.29, 0.717) is 18.4 Å². The van der Waals surface area contributed by atoms with Crippen LogP contribution in [0.15, 0.2) is 22.7 Å². The van der Waals surface area contributed by atoms with Gasteiger partial charge in [0.05, 0.1) is 19.8 Å². The molecule has 0 saturated carbocycles. The van der Waals surface area contributed by atoms with Gasteiger partial charge >= 0.3 is 6.01 Å². The lowest BCUT2D eigenvalue weighted by molar-refractivity contribution is 0.270. The highest BCUT2D eigenvalue weighted by Gasteiger charge is 2.24. The van der Waals surface area contributed by atoms with E-state index in [1.54, 1.807) is 7.11 Å². The summed E-state index contributed by atoms with van der Waals surface area (Å²) in [5.74, 6) is 2.58. The van der Waals surface area contributed by atoms with Crippen LogP contribution in [0.25, 0.3) is 0 Å². The largest absolute Gasteiger partial charge is 0.497 e. The number of nitrogens with one attached hydrogen (secondary N) is 1. The van der Waals surface area contributed by atoms with Crippen molar-refractivity contribution in [3.8, 4) is 11.5 Å². The van der Waals surface area contributed by atoms with Crippen molar-refractivity contribution in [3.63, 3.8) is 0 Å². The van der Waals surface area contributed by atoms with E-state index < -0.39 is 0 Å². The number of rotatable bonds is 4. The van der Waals surface area contributed by atoms with Crippen molar-refractivity contribution in [3.05, 3.63) is 29.6 Å². The molecule has 0 amide bonds. The SMILES string of the molecule is COc1ccc2c(c1)OCCC2Nc1nc(C(C)C)no1. The van der Waals surface area contributed by atoms with Gasteiger partial charge in [0, 0.05) is 24.0 Å². The van der Waals surface area contributed by atoms with Crippen molar-refractivity contribution in [1.29, 1.82) is 0 Å². The first kappa shape index (κ1) is 13.7. The van der Waals surface area contributed by atoms with Crippen LogP contribution in [0.1, 0.15) is 43.6 Å². The number of hydrogen-bond acceptors (Lipinski definition) is 6. The van der Waals surface area contributed by atoms with Crippen LogP contribution in [0.2, 0.25) is 0 Å². The number of anilines is 1. The monoisotopic (exact) mass is 289 g/mol. The van der Waals surface area contributed by atoms with E-state index in [1.165, 1.54) is 0 Å². The number of hydrogen-bond donors (Lipinski definition) is 1. The van der Waals surface area contributed by atoms with Gasteiger partial charge in [-0.3, -0.25) is 0 Å². The third-order valence-corrected chi connectivity index (χ3v) is 3.52. The summed E-state index contributed by atoms with van der Waals surface area (Å²) in [6, 6.07) is 6.38. The topological polar surface area (TPSA) is 69.4 Å². The number of aromatic nitrogens is 2. The Hall–Kier alpha value is -2.24. The lowest BCUT2D eigenvalue weighted by Crippen LogP contribution is -2.20. The molecule has 6 nitrogen and oxygen atoms in total. The Kier molecular flexibility index (Phi) is 3.68. The molecule has 1 aromatic heterocycles. The van der Waals surface area contributed by atoms with Crippen LogP contribution in [0, 0.1) is 0 Å². The second-order valence-corrected chi connectivity index (χ2v) is 5.35. The minimum atomic E-state index is 0.0973. The van der Waals surface area contributed by atoms with Crippen molar-refractivity contribution in [2.45, 2.75) is 32.2 Å². The average Bonchev–Trinajstić information content (AvgIpc) is 2.96. The molecular weight excluding hydrogens is 270 g/mol. The second-order valence-electron chi connectivity index (χ2n) is 5.35. The molecule has 0 bridgehead atoms. The summed E-state index contributed by atoms with van der Waals surface area (Å²) in [5.41, 5.74) is 1.08. The zero-order valence-electron chi connectivity index (χ0n) is 12.4. The smallest absolute Gasteiger partial charge is 0.321 e. The fourth-order valence-corrected chi connectivity index (χ4v) is 2.32. The summed E-state index contributed by atoms with van der Waals surface area (Å²) in [4.78, 5) is 4.36. The fraction of sp³-hybridized carbons (Fsp3) is 0.467. The zero-order valence-corrected chi connectivity index (χ0v) is 12.4. The quantitative estimate of drug-likeness (QED) is 0.932. The number of benzene rings is 1. The van der Waals surface area contributed by atoms with E-state index in [9.17, 15) is 0 Å². The standard InChI is InChI=1S/C15H19N3O3/c1-9(2)14-17-15(21-18-14)16-12-6-7-20-13-8-10(19-3)4-5-11(12)13/h4-5,8-9,12H,6-7H2,1-3H3,(H,16,17,18). The normalized spacial score (nSPS) is 17.2. The van der Waals surface area contributed by atoms with Crippen molar-refractivity contribution < 1.29 is 14.0 Å². The Morgan fingerprint density at radius 3 is 2.95 bits per heavy atom. The van der Waals surface area contributed by atoms with Gasteiger partial charge in [-0.15, -0.1) is 0 Å². The third-order valence-electron chi connectivity index (χ3n) is 3.52. The third kappa shape index (κ3) is 2.79. The molecule has 0 fully saturated rings. The minimum absolute atomic E-state index is 0.0973. The van der Waals surface area contributed by atoms with Gasteiger partial charge in [0.15, 0.2) is 5.82 Å². The molecule has 1 aliphatic heterocycles. The van der Waals surface area contributed by atoms with Gasteiger partial charge in [-0.1, -0.05) is 19.0 Å². The Morgan fingerprint density at radius 2 is 2.24 bits per heavy atom. The van der Waals surface area contributed by atoms with E-state index >= 15 is 0 Å². The number of ether oxygens (including phenoxy) is 2. The van der Waals surface area contributed by atoms with Crippen molar-refractivity contribution in [2.75, 3.05) is 19.0 Å². The van der Waals surface area contributed by atoms with Crippen molar-refractivity contribution in [2.24, 2.45) is 0 Å². The summed E-state index contributed by atoms with van der Waals surface area (Å²) >= 11 is 0. The highest BCUT2D eigenvalue weighted by Crippen LogP contribution is 2.36. The second kappa shape index (κ2) is 5.63. The molecule has 21 heavy (non-hydrogen) atoms. The van der Waals surface area contributed by atoms with E-state index in [4.69, 9.17) is 14.0 Å². The number of fused-ring (bicyclic) bond motifs is 1. The van der Waals surface area contributed by atoms with Gasteiger partial charge in [0.1, 0.15) is 11.5 Å². The molecule has 1 aromatic carbocycles. The number of methoxy groups -OCH3 is 1. The van der Waals surface area contributed by atoms with Gasteiger partial charge in [-0.25, -0.2) is 0 Å². The van der Waals surface area contributed by atoms with Crippen LogP contribution in [0.4, 0.5) is 6.01 Å². The highest BCUT2D eigenvalue weighted by molar-refractivity contribution is 5.46. The zero-order chi connectivity index (χ0) is 14.8. The first-order valence-electron chi connectivity index (χ1n) is 7.08. The van der Waals surface area contributed by atoms with E-state index in [2.05, 4.69) is 15.5 Å². The Labute approximate surface area is 123 Å². The lowest BCUT2D eigenvalue weighted by Gasteiger charge is -2.26. The summed E-state index contributed by atoms with van der Waals surface area (Å²) < 4.78 is 16.2. The highest BCUT2D eigenvalue weighted by atomic mass is 16.5. The molecule has 2 heterocycles. The van der Waals surface area contributed by atoms with Gasteiger partial charge in [0.2, 0.25) is 0 Å². The van der Waals surface area contributed by atoms with Crippen molar-refractivity contribution >= 4 is 6.01 Å². The first-order valence-corrected chi connectivity index (χ1v) is 7.08. The first-order chi connectivity index (χ1) is 10.2. The molecule has 112 valence electrons. The summed E-state index contributed by atoms with van der Waals surface area (Å²) in [6.07, 6.45) is 0.846. The molecule has 0 radical (unpaired) electrons. The lowest BCUT2D eigenvalue weighted by atomic mass is 10.0. The van der Waals surface area contributed by atoms with Crippen molar-refractivity contribution in [1.82, 2.24) is 10.1 Å². The van der Waals surface area contributed by atoms with Crippen LogP contribution >= 0.6 is 0 Å². The molecule has 2 aromatic rings.